The molecule has 0 atom stereocenters. The van der Waals surface area contributed by atoms with Crippen molar-refractivity contribution >= 4 is 17.8 Å². The minimum absolute atomic E-state index is 0.123. The van der Waals surface area contributed by atoms with E-state index in [2.05, 4.69) is 20.6 Å². The van der Waals surface area contributed by atoms with E-state index in [0.717, 1.165) is 16.8 Å². The normalized spacial score (nSPS) is 10.8. The predicted molar refractivity (Wildman–Crippen MR) is 106 cm³/mol. The van der Waals surface area contributed by atoms with Crippen LogP contribution in [0, 0.1) is 6.92 Å². The number of rotatable bonds is 8. The second-order valence-corrected chi connectivity index (χ2v) is 5.93. The highest BCUT2D eigenvalue weighted by molar-refractivity contribution is 5.92. The highest BCUT2D eigenvalue weighted by Crippen LogP contribution is 2.28. The molecule has 0 aliphatic carbocycles. The number of anilines is 1. The van der Waals surface area contributed by atoms with Crippen LogP contribution < -0.4 is 14.8 Å². The fraction of sp³-hybridized carbons (Fsp3) is 0.200. The molecule has 0 aliphatic rings. The second-order valence-electron chi connectivity index (χ2n) is 5.93. The Kier molecular flexibility index (Phi) is 6.35. The van der Waals surface area contributed by atoms with Gasteiger partial charge in [0.05, 0.1) is 12.8 Å². The van der Waals surface area contributed by atoms with Crippen LogP contribution in [0.1, 0.15) is 18.1 Å². The Morgan fingerprint density at radius 3 is 2.57 bits per heavy atom. The Morgan fingerprint density at radius 2 is 1.86 bits per heavy atom. The second kappa shape index (κ2) is 9.31. The number of carbonyl (C=O) groups excluding carboxylic acids is 1. The largest absolute Gasteiger partial charge is 0.490 e. The topological polar surface area (TPSA) is 90.6 Å². The highest BCUT2D eigenvalue weighted by atomic mass is 16.5. The molecule has 1 amide bonds. The minimum atomic E-state index is -0.246. The molecule has 1 aromatic heterocycles. The van der Waals surface area contributed by atoms with Crippen LogP contribution in [-0.2, 0) is 4.79 Å². The lowest BCUT2D eigenvalue weighted by Gasteiger charge is -2.12. The molecule has 0 radical (unpaired) electrons. The molecule has 3 aromatic rings. The summed E-state index contributed by atoms with van der Waals surface area (Å²) in [6, 6.07) is 12.9. The Balaban J connectivity index is 1.63. The van der Waals surface area contributed by atoms with Crippen molar-refractivity contribution in [3.8, 4) is 11.5 Å². The summed E-state index contributed by atoms with van der Waals surface area (Å²) in [6.45, 7) is 4.22. The molecule has 2 aromatic carbocycles. The van der Waals surface area contributed by atoms with Crippen LogP contribution in [0.3, 0.4) is 0 Å². The van der Waals surface area contributed by atoms with Gasteiger partial charge in [-0.15, -0.1) is 10.2 Å². The Bertz CT molecular complexity index is 937. The number of hydrogen-bond acceptors (Lipinski definition) is 6. The molecular weight excluding hydrogens is 358 g/mol. The Hall–Kier alpha value is -3.68. The van der Waals surface area contributed by atoms with Gasteiger partial charge in [-0.25, -0.2) is 4.68 Å². The summed E-state index contributed by atoms with van der Waals surface area (Å²) in [5.74, 6) is 0.783. The quantitative estimate of drug-likeness (QED) is 0.608. The van der Waals surface area contributed by atoms with Crippen molar-refractivity contribution in [1.82, 2.24) is 14.9 Å². The van der Waals surface area contributed by atoms with Crippen molar-refractivity contribution in [3.63, 3.8) is 0 Å². The van der Waals surface area contributed by atoms with E-state index < -0.39 is 0 Å². The summed E-state index contributed by atoms with van der Waals surface area (Å²) in [6.07, 6.45) is 4.63. The molecule has 0 bridgehead atoms. The molecule has 0 aliphatic heterocycles. The number of hydrogen-bond donors (Lipinski definition) is 1. The number of aromatic nitrogens is 3. The van der Waals surface area contributed by atoms with Crippen molar-refractivity contribution < 1.29 is 14.3 Å². The van der Waals surface area contributed by atoms with E-state index in [1.54, 1.807) is 18.3 Å². The molecule has 0 saturated carbocycles. The Morgan fingerprint density at radius 1 is 1.11 bits per heavy atom. The average Bonchev–Trinajstić information content (AvgIpc) is 3.21. The molecule has 3 rings (SSSR count). The van der Waals surface area contributed by atoms with Crippen LogP contribution in [-0.4, -0.2) is 40.2 Å². The number of nitrogens with one attached hydrogen (secondary N) is 1. The van der Waals surface area contributed by atoms with E-state index in [9.17, 15) is 4.79 Å². The lowest BCUT2D eigenvalue weighted by atomic mass is 10.2. The lowest BCUT2D eigenvalue weighted by Crippen LogP contribution is -2.20. The molecule has 1 N–H and O–H groups in total. The number of carbonyl (C=O) groups is 1. The summed E-state index contributed by atoms with van der Waals surface area (Å²) in [5.41, 5.74) is 2.67. The number of nitrogens with zero attached hydrogens (tertiary/aromatic N) is 4. The van der Waals surface area contributed by atoms with Gasteiger partial charge in [-0.3, -0.25) is 4.79 Å². The Labute approximate surface area is 162 Å². The summed E-state index contributed by atoms with van der Waals surface area (Å²) in [5, 5.41) is 14.4. The number of benzene rings is 2. The van der Waals surface area contributed by atoms with Crippen LogP contribution in [0.15, 0.2) is 60.2 Å². The van der Waals surface area contributed by atoms with E-state index in [0.29, 0.717) is 18.1 Å². The van der Waals surface area contributed by atoms with Gasteiger partial charge in [0.15, 0.2) is 18.1 Å². The summed E-state index contributed by atoms with van der Waals surface area (Å²) in [4.78, 5) is 12.1. The SMILES string of the molecule is CCOc1cc(C=Nn2cnnc2)ccc1OCC(=O)Nc1ccc(C)cc1. The van der Waals surface area contributed by atoms with Crippen LogP contribution in [0.5, 0.6) is 11.5 Å². The lowest BCUT2D eigenvalue weighted by molar-refractivity contribution is -0.118. The molecule has 1 heterocycles. The maximum atomic E-state index is 12.1. The van der Waals surface area contributed by atoms with Gasteiger partial charge >= 0.3 is 0 Å². The van der Waals surface area contributed by atoms with E-state index in [1.807, 2.05) is 44.2 Å². The molecule has 0 saturated heterocycles. The maximum Gasteiger partial charge on any atom is 0.262 e. The molecule has 0 fully saturated rings. The minimum Gasteiger partial charge on any atom is -0.490 e. The van der Waals surface area contributed by atoms with E-state index in [1.165, 1.54) is 17.3 Å². The van der Waals surface area contributed by atoms with Crippen LogP contribution in [0.2, 0.25) is 0 Å². The van der Waals surface area contributed by atoms with Gasteiger partial charge in [-0.2, -0.15) is 5.10 Å². The smallest absolute Gasteiger partial charge is 0.262 e. The fourth-order valence-electron chi connectivity index (χ4n) is 2.36. The van der Waals surface area contributed by atoms with Gasteiger partial charge in [0.25, 0.3) is 5.91 Å². The van der Waals surface area contributed by atoms with Gasteiger partial charge in [-0.1, -0.05) is 17.7 Å². The zero-order valence-electron chi connectivity index (χ0n) is 15.7. The van der Waals surface area contributed by atoms with Crippen molar-refractivity contribution in [1.29, 1.82) is 0 Å². The van der Waals surface area contributed by atoms with Crippen molar-refractivity contribution in [2.24, 2.45) is 5.10 Å². The highest BCUT2D eigenvalue weighted by Gasteiger charge is 2.09. The van der Waals surface area contributed by atoms with Crippen molar-refractivity contribution in [3.05, 3.63) is 66.2 Å². The standard InChI is InChI=1S/C20H21N5O3/c1-3-27-19-10-16(11-23-25-13-21-22-14-25)6-9-18(19)28-12-20(26)24-17-7-4-15(2)5-8-17/h4-11,13-14H,3,12H2,1-2H3,(H,24,26). The third-order valence-electron chi connectivity index (χ3n) is 3.71. The zero-order valence-corrected chi connectivity index (χ0v) is 15.7. The van der Waals surface area contributed by atoms with Crippen LogP contribution in [0.4, 0.5) is 5.69 Å². The van der Waals surface area contributed by atoms with Crippen LogP contribution in [0.25, 0.3) is 0 Å². The summed E-state index contributed by atoms with van der Waals surface area (Å²) in [7, 11) is 0. The molecule has 144 valence electrons. The number of ether oxygens (including phenoxy) is 2. The number of amides is 1. The van der Waals surface area contributed by atoms with Gasteiger partial charge in [0, 0.05) is 5.69 Å². The van der Waals surface area contributed by atoms with Gasteiger partial charge in [-0.05, 0) is 49.7 Å². The predicted octanol–water partition coefficient (Wildman–Crippen LogP) is 2.88. The van der Waals surface area contributed by atoms with Crippen molar-refractivity contribution in [2.75, 3.05) is 18.5 Å². The average molecular weight is 379 g/mol. The molecule has 0 spiro atoms. The summed E-state index contributed by atoms with van der Waals surface area (Å²) < 4.78 is 12.8. The van der Waals surface area contributed by atoms with E-state index >= 15 is 0 Å². The van der Waals surface area contributed by atoms with Gasteiger partial charge in [0.2, 0.25) is 0 Å². The molecule has 28 heavy (non-hydrogen) atoms. The first-order chi connectivity index (χ1) is 13.6. The first kappa shape index (κ1) is 19.1. The maximum absolute atomic E-state index is 12.1. The van der Waals surface area contributed by atoms with E-state index in [-0.39, 0.29) is 12.5 Å². The van der Waals surface area contributed by atoms with Gasteiger partial charge < -0.3 is 14.8 Å². The first-order valence-electron chi connectivity index (χ1n) is 8.79. The zero-order chi connectivity index (χ0) is 19.8. The fourth-order valence-corrected chi connectivity index (χ4v) is 2.36. The van der Waals surface area contributed by atoms with Crippen LogP contribution >= 0.6 is 0 Å². The summed E-state index contributed by atoms with van der Waals surface area (Å²) >= 11 is 0. The third-order valence-corrected chi connectivity index (χ3v) is 3.71. The first-order valence-corrected chi connectivity index (χ1v) is 8.79. The van der Waals surface area contributed by atoms with Gasteiger partial charge in [0.1, 0.15) is 12.7 Å². The molecule has 8 heteroatoms. The molecular formula is C20H21N5O3. The third kappa shape index (κ3) is 5.41. The molecule has 8 nitrogen and oxygen atoms in total. The van der Waals surface area contributed by atoms with Crippen molar-refractivity contribution in [2.45, 2.75) is 13.8 Å². The monoisotopic (exact) mass is 379 g/mol. The number of aryl methyl sites for hydroxylation is 1. The molecule has 0 unspecified atom stereocenters. The van der Waals surface area contributed by atoms with E-state index in [4.69, 9.17) is 9.47 Å².